The molecule has 0 aliphatic heterocycles. The van der Waals surface area contributed by atoms with Gasteiger partial charge >= 0.3 is 0 Å². The molecule has 0 saturated heterocycles. The monoisotopic (exact) mass is 184 g/mol. The molecule has 0 aromatic rings. The highest BCUT2D eigenvalue weighted by Gasteiger charge is 2.00. The van der Waals surface area contributed by atoms with Crippen LogP contribution < -0.4 is 5.73 Å². The number of alkyl halides is 1. The minimum absolute atomic E-state index is 0.0608. The predicted octanol–water partition coefficient (Wildman–Crippen LogP) is -0.693. The molecule has 0 heterocycles. The van der Waals surface area contributed by atoms with Crippen LogP contribution in [0.3, 0.4) is 0 Å². The summed E-state index contributed by atoms with van der Waals surface area (Å²) in [5.41, 5.74) is 5.19. The van der Waals surface area contributed by atoms with Gasteiger partial charge in [-0.05, 0) is 0 Å². The maximum Gasteiger partial charge on any atom is 0.117 e. The molecular weight excluding hydrogens is 176 g/mol. The van der Waals surface area contributed by atoms with Crippen molar-refractivity contribution in [2.45, 2.75) is 6.23 Å². The Morgan fingerprint density at radius 1 is 1.75 bits per heavy atom. The Bertz CT molecular complexity index is 61.2. The molecule has 0 amide bonds. The Balaban J connectivity index is 3.10. The van der Waals surface area contributed by atoms with E-state index in [1.165, 1.54) is 0 Å². The fourth-order valence-electron chi connectivity index (χ4n) is 0.265. The molecule has 0 saturated carbocycles. The van der Waals surface area contributed by atoms with Crippen LogP contribution in [0.4, 0.5) is 0 Å². The van der Waals surface area contributed by atoms with Gasteiger partial charge in [0.2, 0.25) is 0 Å². The SMILES string of the molecule is NC(O)CN(O)CBr. The summed E-state index contributed by atoms with van der Waals surface area (Å²) in [5, 5.41) is 17.8. The average Bonchev–Trinajstić information content (AvgIpc) is 1.65. The lowest BCUT2D eigenvalue weighted by molar-refractivity contribution is -0.0936. The first kappa shape index (κ1) is 8.32. The normalized spacial score (nSPS) is 14.6. The van der Waals surface area contributed by atoms with Gasteiger partial charge in [-0.15, -0.1) is 0 Å². The second-order valence-corrected chi connectivity index (χ2v) is 1.88. The molecule has 5 heteroatoms. The van der Waals surface area contributed by atoms with E-state index in [4.69, 9.17) is 16.0 Å². The van der Waals surface area contributed by atoms with Gasteiger partial charge in [-0.25, -0.2) is 0 Å². The third kappa shape index (κ3) is 4.48. The van der Waals surface area contributed by atoms with E-state index in [0.29, 0.717) is 5.45 Å². The average molecular weight is 185 g/mol. The highest BCUT2D eigenvalue weighted by Crippen LogP contribution is 1.87. The summed E-state index contributed by atoms with van der Waals surface area (Å²) >= 11 is 2.95. The number of rotatable bonds is 3. The Labute approximate surface area is 56.0 Å². The van der Waals surface area contributed by atoms with Crippen LogP contribution in [-0.4, -0.2) is 33.6 Å². The van der Waals surface area contributed by atoms with Crippen LogP contribution in [0.15, 0.2) is 0 Å². The lowest BCUT2D eigenvalue weighted by atomic mass is 10.6. The molecule has 0 aromatic carbocycles. The van der Waals surface area contributed by atoms with Crippen LogP contribution in [0.1, 0.15) is 0 Å². The van der Waals surface area contributed by atoms with Gasteiger partial charge in [0.05, 0.1) is 12.0 Å². The van der Waals surface area contributed by atoms with E-state index < -0.39 is 6.23 Å². The Kier molecular flexibility index (Phi) is 4.39. The minimum Gasteiger partial charge on any atom is -0.377 e. The summed E-state index contributed by atoms with van der Waals surface area (Å²) in [6, 6.07) is 0. The van der Waals surface area contributed by atoms with Crippen molar-refractivity contribution in [3.8, 4) is 0 Å². The molecule has 0 spiro atoms. The van der Waals surface area contributed by atoms with Gasteiger partial charge < -0.3 is 16.0 Å². The molecule has 0 rings (SSSR count). The van der Waals surface area contributed by atoms with E-state index in [0.717, 1.165) is 5.06 Å². The van der Waals surface area contributed by atoms with E-state index in [1.54, 1.807) is 0 Å². The summed E-state index contributed by atoms with van der Waals surface area (Å²) in [5.74, 6) is 0. The molecule has 0 aromatic heterocycles. The molecule has 1 unspecified atom stereocenters. The quantitative estimate of drug-likeness (QED) is 0.235. The Morgan fingerprint density at radius 2 is 2.25 bits per heavy atom. The molecule has 50 valence electrons. The second kappa shape index (κ2) is 4.22. The third-order valence-electron chi connectivity index (χ3n) is 0.536. The van der Waals surface area contributed by atoms with Crippen LogP contribution in [0.5, 0.6) is 0 Å². The van der Waals surface area contributed by atoms with Crippen LogP contribution in [0.25, 0.3) is 0 Å². The number of nitrogens with two attached hydrogens (primary N) is 1. The third-order valence-corrected chi connectivity index (χ3v) is 1.11. The van der Waals surface area contributed by atoms with Crippen molar-refractivity contribution in [1.82, 2.24) is 5.06 Å². The summed E-state index contributed by atoms with van der Waals surface area (Å²) in [7, 11) is 0. The zero-order valence-electron chi connectivity index (χ0n) is 4.29. The fraction of sp³-hybridized carbons (Fsp3) is 1.00. The molecule has 4 nitrogen and oxygen atoms in total. The number of nitrogens with zero attached hydrogens (tertiary/aromatic N) is 1. The van der Waals surface area contributed by atoms with Crippen molar-refractivity contribution >= 4 is 15.9 Å². The molecule has 0 fully saturated rings. The minimum atomic E-state index is -0.974. The van der Waals surface area contributed by atoms with E-state index >= 15 is 0 Å². The molecule has 4 N–H and O–H groups in total. The Hall–Kier alpha value is 0.320. The molecule has 1 atom stereocenters. The maximum absolute atomic E-state index is 8.57. The summed E-state index contributed by atoms with van der Waals surface area (Å²) in [6.07, 6.45) is -0.974. The topological polar surface area (TPSA) is 69.7 Å². The van der Waals surface area contributed by atoms with Gasteiger partial charge in [0.25, 0.3) is 0 Å². The molecule has 0 aliphatic rings. The van der Waals surface area contributed by atoms with Crippen molar-refractivity contribution < 1.29 is 10.3 Å². The smallest absolute Gasteiger partial charge is 0.117 e. The van der Waals surface area contributed by atoms with Crippen LogP contribution in [0, 0.1) is 0 Å². The summed E-state index contributed by atoms with van der Waals surface area (Å²) < 4.78 is 0. The van der Waals surface area contributed by atoms with E-state index in [-0.39, 0.29) is 6.54 Å². The molecular formula is C3H9BrN2O2. The fourth-order valence-corrected chi connectivity index (χ4v) is 0.469. The maximum atomic E-state index is 8.57. The van der Waals surface area contributed by atoms with Gasteiger partial charge in [-0.3, -0.25) is 0 Å². The highest BCUT2D eigenvalue weighted by molar-refractivity contribution is 9.09. The number of hydrogen-bond acceptors (Lipinski definition) is 4. The first-order chi connectivity index (χ1) is 3.66. The van der Waals surface area contributed by atoms with Crippen LogP contribution in [0.2, 0.25) is 0 Å². The van der Waals surface area contributed by atoms with Crippen molar-refractivity contribution in [2.75, 3.05) is 12.0 Å². The number of aliphatic hydroxyl groups excluding tert-OH is 1. The lowest BCUT2D eigenvalue weighted by Crippen LogP contribution is -2.34. The van der Waals surface area contributed by atoms with E-state index in [9.17, 15) is 0 Å². The van der Waals surface area contributed by atoms with E-state index in [1.807, 2.05) is 0 Å². The van der Waals surface area contributed by atoms with Gasteiger partial charge in [0.15, 0.2) is 0 Å². The molecule has 0 radical (unpaired) electrons. The largest absolute Gasteiger partial charge is 0.377 e. The lowest BCUT2D eigenvalue weighted by Gasteiger charge is -2.11. The first-order valence-electron chi connectivity index (χ1n) is 2.10. The predicted molar refractivity (Wildman–Crippen MR) is 32.5 cm³/mol. The number of hydroxylamine groups is 2. The van der Waals surface area contributed by atoms with Crippen LogP contribution >= 0.6 is 15.9 Å². The van der Waals surface area contributed by atoms with Crippen molar-refractivity contribution in [1.29, 1.82) is 0 Å². The molecule has 8 heavy (non-hydrogen) atoms. The standard InChI is InChI=1S/C3H9BrN2O2/c4-2-6(8)1-3(5)7/h3,7-8H,1-2,5H2. The van der Waals surface area contributed by atoms with Crippen LogP contribution in [-0.2, 0) is 0 Å². The molecule has 0 bridgehead atoms. The second-order valence-electron chi connectivity index (χ2n) is 1.38. The van der Waals surface area contributed by atoms with Gasteiger partial charge in [-0.1, -0.05) is 15.9 Å². The first-order valence-corrected chi connectivity index (χ1v) is 3.22. The number of halogens is 1. The van der Waals surface area contributed by atoms with Crippen molar-refractivity contribution in [3.63, 3.8) is 0 Å². The van der Waals surface area contributed by atoms with Crippen molar-refractivity contribution in [3.05, 3.63) is 0 Å². The zero-order chi connectivity index (χ0) is 6.57. The van der Waals surface area contributed by atoms with Gasteiger partial charge in [0, 0.05) is 0 Å². The zero-order valence-corrected chi connectivity index (χ0v) is 5.87. The van der Waals surface area contributed by atoms with Gasteiger partial charge in [-0.2, -0.15) is 5.06 Å². The number of aliphatic hydroxyl groups is 1. The molecule has 0 aliphatic carbocycles. The number of hydrogen-bond donors (Lipinski definition) is 3. The Morgan fingerprint density at radius 3 is 2.38 bits per heavy atom. The van der Waals surface area contributed by atoms with Gasteiger partial charge in [0.1, 0.15) is 6.23 Å². The van der Waals surface area contributed by atoms with Crippen molar-refractivity contribution in [2.24, 2.45) is 5.73 Å². The van der Waals surface area contributed by atoms with E-state index in [2.05, 4.69) is 15.9 Å². The summed E-state index contributed by atoms with van der Waals surface area (Å²) in [6.45, 7) is 0.0608. The summed E-state index contributed by atoms with van der Waals surface area (Å²) in [4.78, 5) is 0. The highest BCUT2D eigenvalue weighted by atomic mass is 79.9.